The fourth-order valence-corrected chi connectivity index (χ4v) is 0.322. The maximum absolute atomic E-state index is 12.7. The first kappa shape index (κ1) is 9.19. The van der Waals surface area contributed by atoms with Gasteiger partial charge in [-0.3, -0.25) is 5.73 Å². The molecule has 0 bridgehead atoms. The molecular weight excluding hydrogens is 129 g/mol. The molecule has 0 amide bonds. The van der Waals surface area contributed by atoms with Gasteiger partial charge in [0.1, 0.15) is 0 Å². The standard InChI is InChI=1S/C8H12FN/c1-4-5-6-7(2)8(3,9)10/h6H,10H2,1-3H3/b7-6+/t8-/m1/s1. The van der Waals surface area contributed by atoms with Crippen LogP contribution in [0.1, 0.15) is 20.8 Å². The summed E-state index contributed by atoms with van der Waals surface area (Å²) in [4.78, 5) is 0. The van der Waals surface area contributed by atoms with E-state index in [1.54, 1.807) is 13.8 Å². The first-order chi connectivity index (χ1) is 4.48. The Kier molecular flexibility index (Phi) is 3.11. The highest BCUT2D eigenvalue weighted by molar-refractivity contribution is 5.23. The van der Waals surface area contributed by atoms with Crippen molar-refractivity contribution in [3.63, 3.8) is 0 Å². The first-order valence-electron chi connectivity index (χ1n) is 3.06. The number of hydrogen-bond acceptors (Lipinski definition) is 1. The molecule has 1 nitrogen and oxygen atoms in total. The van der Waals surface area contributed by atoms with Gasteiger partial charge in [-0.2, -0.15) is 0 Å². The minimum absolute atomic E-state index is 0.446. The second-order valence-electron chi connectivity index (χ2n) is 2.30. The summed E-state index contributed by atoms with van der Waals surface area (Å²) in [5.74, 6) is 3.51. The van der Waals surface area contributed by atoms with Gasteiger partial charge in [-0.25, -0.2) is 4.39 Å². The van der Waals surface area contributed by atoms with Gasteiger partial charge in [0.25, 0.3) is 0 Å². The molecule has 0 aromatic heterocycles. The molecule has 0 radical (unpaired) electrons. The van der Waals surface area contributed by atoms with Crippen LogP contribution in [0.25, 0.3) is 0 Å². The van der Waals surface area contributed by atoms with Crippen molar-refractivity contribution in [2.45, 2.75) is 26.6 Å². The van der Waals surface area contributed by atoms with Crippen LogP contribution in [0.4, 0.5) is 4.39 Å². The van der Waals surface area contributed by atoms with Gasteiger partial charge in [0, 0.05) is 0 Å². The van der Waals surface area contributed by atoms with E-state index in [-0.39, 0.29) is 0 Å². The summed E-state index contributed by atoms with van der Waals surface area (Å²) in [5, 5.41) is 0. The molecule has 0 spiro atoms. The summed E-state index contributed by atoms with van der Waals surface area (Å²) in [5.41, 5.74) is 5.56. The lowest BCUT2D eigenvalue weighted by Crippen LogP contribution is -2.31. The lowest BCUT2D eigenvalue weighted by atomic mass is 10.1. The van der Waals surface area contributed by atoms with Crippen LogP contribution in [0.5, 0.6) is 0 Å². The van der Waals surface area contributed by atoms with Gasteiger partial charge in [-0.05, 0) is 32.4 Å². The summed E-state index contributed by atoms with van der Waals surface area (Å²) < 4.78 is 12.7. The summed E-state index contributed by atoms with van der Waals surface area (Å²) in [6.07, 6.45) is 1.49. The Hall–Kier alpha value is -0.810. The van der Waals surface area contributed by atoms with Crippen LogP contribution in [0.3, 0.4) is 0 Å². The van der Waals surface area contributed by atoms with Crippen LogP contribution in [0, 0.1) is 11.8 Å². The zero-order chi connectivity index (χ0) is 8.20. The van der Waals surface area contributed by atoms with Gasteiger partial charge in [-0.15, -0.1) is 5.92 Å². The molecule has 2 heteroatoms. The maximum atomic E-state index is 12.7. The van der Waals surface area contributed by atoms with E-state index < -0.39 is 5.79 Å². The Morgan fingerprint density at radius 1 is 1.70 bits per heavy atom. The summed E-state index contributed by atoms with van der Waals surface area (Å²) >= 11 is 0. The van der Waals surface area contributed by atoms with Crippen molar-refractivity contribution >= 4 is 0 Å². The average molecular weight is 141 g/mol. The van der Waals surface area contributed by atoms with Gasteiger partial charge in [0.2, 0.25) is 0 Å². The molecule has 10 heavy (non-hydrogen) atoms. The second-order valence-corrected chi connectivity index (χ2v) is 2.30. The molecular formula is C8H12FN. The lowest BCUT2D eigenvalue weighted by Gasteiger charge is -2.13. The lowest BCUT2D eigenvalue weighted by molar-refractivity contribution is 0.250. The van der Waals surface area contributed by atoms with Crippen LogP contribution in [0.2, 0.25) is 0 Å². The molecule has 0 saturated heterocycles. The molecule has 1 atom stereocenters. The molecule has 0 unspecified atom stereocenters. The van der Waals surface area contributed by atoms with Crippen molar-refractivity contribution in [1.82, 2.24) is 0 Å². The van der Waals surface area contributed by atoms with E-state index in [2.05, 4.69) is 11.8 Å². The van der Waals surface area contributed by atoms with Crippen LogP contribution in [-0.2, 0) is 0 Å². The van der Waals surface area contributed by atoms with Crippen LogP contribution >= 0.6 is 0 Å². The Morgan fingerprint density at radius 2 is 2.20 bits per heavy atom. The third kappa shape index (κ3) is 3.26. The van der Waals surface area contributed by atoms with Crippen molar-refractivity contribution in [3.8, 4) is 11.8 Å². The molecule has 0 fully saturated rings. The highest BCUT2D eigenvalue weighted by Gasteiger charge is 2.17. The molecule has 0 aliphatic rings. The van der Waals surface area contributed by atoms with E-state index in [0.717, 1.165) is 0 Å². The molecule has 0 aromatic rings. The number of allylic oxidation sites excluding steroid dienone is 1. The number of alkyl halides is 1. The summed E-state index contributed by atoms with van der Waals surface area (Å²) in [6, 6.07) is 0. The van der Waals surface area contributed by atoms with E-state index in [4.69, 9.17) is 5.73 Å². The Morgan fingerprint density at radius 3 is 2.50 bits per heavy atom. The van der Waals surface area contributed by atoms with E-state index in [1.807, 2.05) is 0 Å². The van der Waals surface area contributed by atoms with Crippen molar-refractivity contribution in [3.05, 3.63) is 11.6 Å². The predicted octanol–water partition coefficient (Wildman–Crippen LogP) is 1.60. The van der Waals surface area contributed by atoms with Gasteiger partial charge in [-0.1, -0.05) is 5.92 Å². The number of hydrogen-bond donors (Lipinski definition) is 1. The molecule has 0 saturated carbocycles. The maximum Gasteiger partial charge on any atom is 0.178 e. The molecule has 0 heterocycles. The van der Waals surface area contributed by atoms with Crippen LogP contribution < -0.4 is 5.73 Å². The highest BCUT2D eigenvalue weighted by atomic mass is 19.1. The molecule has 2 N–H and O–H groups in total. The Labute approximate surface area is 61.1 Å². The zero-order valence-corrected chi connectivity index (χ0v) is 6.53. The number of rotatable bonds is 1. The number of halogens is 1. The summed E-state index contributed by atoms with van der Waals surface area (Å²) in [6.45, 7) is 4.61. The van der Waals surface area contributed by atoms with Crippen molar-refractivity contribution in [2.75, 3.05) is 0 Å². The number of nitrogens with two attached hydrogens (primary N) is 1. The van der Waals surface area contributed by atoms with Crippen molar-refractivity contribution < 1.29 is 4.39 Å². The average Bonchev–Trinajstić information content (AvgIpc) is 1.80. The van der Waals surface area contributed by atoms with E-state index in [0.29, 0.717) is 5.57 Å². The fraction of sp³-hybridized carbons (Fsp3) is 0.500. The van der Waals surface area contributed by atoms with Crippen LogP contribution in [0.15, 0.2) is 11.6 Å². The smallest absolute Gasteiger partial charge is 0.178 e. The van der Waals surface area contributed by atoms with E-state index in [9.17, 15) is 4.39 Å². The Bertz CT molecular complexity index is 188. The minimum Gasteiger partial charge on any atom is -0.296 e. The van der Waals surface area contributed by atoms with Gasteiger partial charge in [0.15, 0.2) is 5.79 Å². The largest absolute Gasteiger partial charge is 0.296 e. The highest BCUT2D eigenvalue weighted by Crippen LogP contribution is 2.12. The third-order valence-electron chi connectivity index (χ3n) is 1.20. The SMILES string of the molecule is CC#C/C=C(\C)[C@@](C)(N)F. The van der Waals surface area contributed by atoms with Crippen molar-refractivity contribution in [1.29, 1.82) is 0 Å². The topological polar surface area (TPSA) is 26.0 Å². The molecule has 0 aliphatic heterocycles. The third-order valence-corrected chi connectivity index (χ3v) is 1.20. The summed E-state index contributed by atoms with van der Waals surface area (Å²) in [7, 11) is 0. The van der Waals surface area contributed by atoms with Gasteiger partial charge < -0.3 is 0 Å². The zero-order valence-electron chi connectivity index (χ0n) is 6.53. The molecule has 0 aliphatic carbocycles. The molecule has 56 valence electrons. The van der Waals surface area contributed by atoms with E-state index in [1.165, 1.54) is 13.0 Å². The van der Waals surface area contributed by atoms with Crippen LogP contribution in [-0.4, -0.2) is 5.79 Å². The normalized spacial score (nSPS) is 17.1. The fourth-order valence-electron chi connectivity index (χ4n) is 0.322. The Balaban J connectivity index is 4.30. The molecule has 0 rings (SSSR count). The van der Waals surface area contributed by atoms with Gasteiger partial charge in [0.05, 0.1) is 0 Å². The molecule has 0 aromatic carbocycles. The van der Waals surface area contributed by atoms with E-state index >= 15 is 0 Å². The monoisotopic (exact) mass is 141 g/mol. The van der Waals surface area contributed by atoms with Crippen molar-refractivity contribution in [2.24, 2.45) is 5.73 Å². The minimum atomic E-state index is -1.73. The van der Waals surface area contributed by atoms with Gasteiger partial charge >= 0.3 is 0 Å². The first-order valence-corrected chi connectivity index (χ1v) is 3.06. The predicted molar refractivity (Wildman–Crippen MR) is 40.9 cm³/mol. The quantitative estimate of drug-likeness (QED) is 0.435. The second kappa shape index (κ2) is 3.38.